The van der Waals surface area contributed by atoms with Gasteiger partial charge in [-0.3, -0.25) is 4.79 Å². The van der Waals surface area contributed by atoms with Gasteiger partial charge in [0, 0.05) is 24.6 Å². The normalized spacial score (nSPS) is 17.7. The summed E-state index contributed by atoms with van der Waals surface area (Å²) in [7, 11) is -3.58. The van der Waals surface area contributed by atoms with Crippen molar-refractivity contribution >= 4 is 15.8 Å². The van der Waals surface area contributed by atoms with Crippen LogP contribution in [0.4, 0.5) is 0 Å². The molecular weight excluding hydrogens is 402 g/mol. The Bertz CT molecular complexity index is 1060. The van der Waals surface area contributed by atoms with E-state index in [1.165, 1.54) is 4.31 Å². The number of rotatable bonds is 4. The minimum atomic E-state index is -3.58. The van der Waals surface area contributed by atoms with Crippen LogP contribution in [0.15, 0.2) is 35.2 Å². The molecule has 6 nitrogen and oxygen atoms in total. The zero-order valence-electron chi connectivity index (χ0n) is 17.6. The molecule has 0 unspecified atom stereocenters. The molecule has 2 aromatic rings. The van der Waals surface area contributed by atoms with Gasteiger partial charge in [-0.15, -0.1) is 0 Å². The fraction of sp³-hybridized carbons (Fsp3) is 0.435. The quantitative estimate of drug-likeness (QED) is 0.694. The van der Waals surface area contributed by atoms with Gasteiger partial charge in [0.15, 0.2) is 17.3 Å². The van der Waals surface area contributed by atoms with Crippen LogP contribution in [0.2, 0.25) is 0 Å². The number of Topliss-reactive ketones (excluding diaryl/α,β-unsaturated/α-hetero) is 1. The molecule has 0 atom stereocenters. The molecule has 0 aromatic heterocycles. The molecule has 0 aliphatic carbocycles. The molecule has 0 saturated carbocycles. The third-order valence-corrected chi connectivity index (χ3v) is 8.06. The lowest BCUT2D eigenvalue weighted by Gasteiger charge is -2.31. The third kappa shape index (κ3) is 3.84. The summed E-state index contributed by atoms with van der Waals surface area (Å²) in [6.07, 6.45) is 1.02. The maximum atomic E-state index is 13.3. The molecule has 2 aromatic carbocycles. The Labute approximate surface area is 177 Å². The van der Waals surface area contributed by atoms with Gasteiger partial charge in [0.2, 0.25) is 10.0 Å². The first-order valence-corrected chi connectivity index (χ1v) is 11.7. The number of sulfonamides is 1. The number of carbonyl (C=O) groups excluding carboxylic acids is 1. The average Bonchev–Trinajstić information content (AvgIpc) is 2.72. The highest BCUT2D eigenvalue weighted by molar-refractivity contribution is 7.89. The highest BCUT2D eigenvalue weighted by atomic mass is 32.2. The summed E-state index contributed by atoms with van der Waals surface area (Å²) in [5, 5.41) is 0. The average molecular weight is 430 g/mol. The van der Waals surface area contributed by atoms with Crippen molar-refractivity contribution in [2.24, 2.45) is 5.92 Å². The third-order valence-electron chi connectivity index (χ3n) is 5.85. The minimum Gasteiger partial charge on any atom is -0.486 e. The van der Waals surface area contributed by atoms with Crippen LogP contribution in [0.1, 0.15) is 39.9 Å². The number of hydrogen-bond donors (Lipinski definition) is 0. The molecule has 2 aliphatic heterocycles. The lowest BCUT2D eigenvalue weighted by Crippen LogP contribution is -2.40. The summed E-state index contributed by atoms with van der Waals surface area (Å²) in [4.78, 5) is 13.4. The van der Waals surface area contributed by atoms with E-state index >= 15 is 0 Å². The van der Waals surface area contributed by atoms with E-state index in [-0.39, 0.29) is 11.7 Å². The summed E-state index contributed by atoms with van der Waals surface area (Å²) in [6.45, 7) is 7.30. The van der Waals surface area contributed by atoms with E-state index in [2.05, 4.69) is 0 Å². The molecule has 30 heavy (non-hydrogen) atoms. The topological polar surface area (TPSA) is 72.9 Å². The molecule has 1 saturated heterocycles. The molecule has 4 rings (SSSR count). The van der Waals surface area contributed by atoms with Crippen LogP contribution < -0.4 is 9.47 Å². The Morgan fingerprint density at radius 3 is 2.17 bits per heavy atom. The summed E-state index contributed by atoms with van der Waals surface area (Å²) in [5.74, 6) is 1.09. The number of carbonyl (C=O) groups is 1. The van der Waals surface area contributed by atoms with Crippen molar-refractivity contribution in [3.63, 3.8) is 0 Å². The fourth-order valence-corrected chi connectivity index (χ4v) is 6.37. The second-order valence-corrected chi connectivity index (χ2v) is 10.0. The Balaban J connectivity index is 1.48. The maximum absolute atomic E-state index is 13.3. The zero-order chi connectivity index (χ0) is 21.5. The molecule has 0 amide bonds. The van der Waals surface area contributed by atoms with Gasteiger partial charge >= 0.3 is 0 Å². The Hall–Kier alpha value is -2.38. The highest BCUT2D eigenvalue weighted by Gasteiger charge is 2.34. The first-order valence-electron chi connectivity index (χ1n) is 10.3. The van der Waals surface area contributed by atoms with Gasteiger partial charge in [-0.25, -0.2) is 8.42 Å². The number of ketones is 1. The van der Waals surface area contributed by atoms with E-state index in [4.69, 9.17) is 9.47 Å². The molecule has 0 bridgehead atoms. The smallest absolute Gasteiger partial charge is 0.243 e. The molecule has 160 valence electrons. The summed E-state index contributed by atoms with van der Waals surface area (Å²) in [5.41, 5.74) is 3.17. The van der Waals surface area contributed by atoms with E-state index in [0.29, 0.717) is 61.1 Å². The molecular formula is C23H27NO5S. The molecule has 0 N–H and O–H groups in total. The molecule has 0 spiro atoms. The SMILES string of the molecule is Cc1cc(C)c(S(=O)(=O)N2CCC(C(=O)c3ccc4c(c3)OCCO4)CC2)c(C)c1. The number of fused-ring (bicyclic) bond motifs is 1. The van der Waals surface area contributed by atoms with Crippen molar-refractivity contribution in [3.8, 4) is 11.5 Å². The van der Waals surface area contributed by atoms with Crippen molar-refractivity contribution in [1.29, 1.82) is 0 Å². The van der Waals surface area contributed by atoms with Gasteiger partial charge in [-0.2, -0.15) is 4.31 Å². The summed E-state index contributed by atoms with van der Waals surface area (Å²) < 4.78 is 39.1. The van der Waals surface area contributed by atoms with Crippen LogP contribution in [0.25, 0.3) is 0 Å². The van der Waals surface area contributed by atoms with Crippen LogP contribution in [0, 0.1) is 26.7 Å². The summed E-state index contributed by atoms with van der Waals surface area (Å²) >= 11 is 0. The number of nitrogens with zero attached hydrogens (tertiary/aromatic N) is 1. The largest absolute Gasteiger partial charge is 0.486 e. The number of hydrogen-bond acceptors (Lipinski definition) is 5. The molecule has 2 heterocycles. The van der Waals surface area contributed by atoms with E-state index < -0.39 is 10.0 Å². The second-order valence-electron chi connectivity index (χ2n) is 8.13. The van der Waals surface area contributed by atoms with Crippen molar-refractivity contribution in [3.05, 3.63) is 52.6 Å². The Morgan fingerprint density at radius 2 is 1.53 bits per heavy atom. The van der Waals surface area contributed by atoms with E-state index in [1.807, 2.05) is 32.9 Å². The maximum Gasteiger partial charge on any atom is 0.243 e. The van der Waals surface area contributed by atoms with Crippen molar-refractivity contribution in [2.45, 2.75) is 38.5 Å². The second kappa shape index (κ2) is 8.04. The Kier molecular flexibility index (Phi) is 5.59. The molecule has 1 fully saturated rings. The lowest BCUT2D eigenvalue weighted by atomic mass is 9.89. The highest BCUT2D eigenvalue weighted by Crippen LogP contribution is 2.34. The van der Waals surface area contributed by atoms with Crippen LogP contribution >= 0.6 is 0 Å². The van der Waals surface area contributed by atoms with Crippen LogP contribution in [-0.4, -0.2) is 44.8 Å². The fourth-order valence-electron chi connectivity index (χ4n) is 4.49. The van der Waals surface area contributed by atoms with Gasteiger partial charge in [0.1, 0.15) is 13.2 Å². The number of piperidine rings is 1. The van der Waals surface area contributed by atoms with Gasteiger partial charge in [-0.1, -0.05) is 17.7 Å². The van der Waals surface area contributed by atoms with E-state index in [1.54, 1.807) is 18.2 Å². The van der Waals surface area contributed by atoms with Crippen LogP contribution in [0.3, 0.4) is 0 Å². The lowest BCUT2D eigenvalue weighted by molar-refractivity contribution is 0.0874. The van der Waals surface area contributed by atoms with Gasteiger partial charge in [0.05, 0.1) is 4.90 Å². The van der Waals surface area contributed by atoms with Crippen LogP contribution in [0.5, 0.6) is 11.5 Å². The number of ether oxygens (including phenoxy) is 2. The molecule has 7 heteroatoms. The van der Waals surface area contributed by atoms with Gasteiger partial charge < -0.3 is 9.47 Å². The monoisotopic (exact) mass is 429 g/mol. The number of benzene rings is 2. The predicted octanol–water partition coefficient (Wildman–Crippen LogP) is 3.67. The zero-order valence-corrected chi connectivity index (χ0v) is 18.4. The molecule has 2 aliphatic rings. The Morgan fingerprint density at radius 1 is 0.933 bits per heavy atom. The first-order chi connectivity index (χ1) is 14.3. The predicted molar refractivity (Wildman–Crippen MR) is 114 cm³/mol. The van der Waals surface area contributed by atoms with Crippen LogP contribution in [-0.2, 0) is 10.0 Å². The first kappa shape index (κ1) is 20.9. The van der Waals surface area contributed by atoms with E-state index in [0.717, 1.165) is 16.7 Å². The standard InChI is InChI=1S/C23H27NO5S/c1-15-12-16(2)23(17(3)13-15)30(26,27)24-8-6-18(7-9-24)22(25)19-4-5-20-21(14-19)29-11-10-28-20/h4-5,12-14,18H,6-11H2,1-3H3. The van der Waals surface area contributed by atoms with Crippen molar-refractivity contribution < 1.29 is 22.7 Å². The van der Waals surface area contributed by atoms with E-state index in [9.17, 15) is 13.2 Å². The summed E-state index contributed by atoms with van der Waals surface area (Å²) in [6, 6.07) is 9.07. The van der Waals surface area contributed by atoms with Crippen molar-refractivity contribution in [1.82, 2.24) is 4.31 Å². The van der Waals surface area contributed by atoms with Crippen molar-refractivity contribution in [2.75, 3.05) is 26.3 Å². The molecule has 0 radical (unpaired) electrons. The minimum absolute atomic E-state index is 0.0340. The van der Waals surface area contributed by atoms with Gasteiger partial charge in [0.25, 0.3) is 0 Å². The van der Waals surface area contributed by atoms with Gasteiger partial charge in [-0.05, 0) is 62.9 Å². The number of aryl methyl sites for hydroxylation is 3.